The van der Waals surface area contributed by atoms with Crippen LogP contribution in [0.2, 0.25) is 0 Å². The Morgan fingerprint density at radius 3 is 3.00 bits per heavy atom. The fourth-order valence-electron chi connectivity index (χ4n) is 1.05. The van der Waals surface area contributed by atoms with Gasteiger partial charge in [0, 0.05) is 6.20 Å². The second-order valence-corrected chi connectivity index (χ2v) is 3.60. The standard InChI is InChI=1S/C10H12N4S/c1-8(9-5-3-4-6-12-9)14-10(15-2)13-7-11/h3-6,8H,1-2H3,(H,13,14). The molecule has 0 bridgehead atoms. The SMILES string of the molecule is CSC(=NC(C)c1ccccn1)NC#N. The average Bonchev–Trinajstić information content (AvgIpc) is 2.29. The van der Waals surface area contributed by atoms with E-state index in [0.29, 0.717) is 5.17 Å². The number of hydrogen-bond acceptors (Lipinski definition) is 4. The van der Waals surface area contributed by atoms with Gasteiger partial charge in [-0.3, -0.25) is 15.3 Å². The van der Waals surface area contributed by atoms with Crippen LogP contribution >= 0.6 is 11.8 Å². The molecule has 0 aliphatic heterocycles. The van der Waals surface area contributed by atoms with Crippen LogP contribution in [0.4, 0.5) is 0 Å². The molecule has 0 spiro atoms. The van der Waals surface area contributed by atoms with Crippen LogP contribution in [0.5, 0.6) is 0 Å². The Morgan fingerprint density at radius 1 is 1.67 bits per heavy atom. The van der Waals surface area contributed by atoms with Crippen molar-refractivity contribution in [1.82, 2.24) is 10.3 Å². The van der Waals surface area contributed by atoms with Crippen LogP contribution in [0.25, 0.3) is 0 Å². The average molecular weight is 220 g/mol. The summed E-state index contributed by atoms with van der Waals surface area (Å²) in [5, 5.41) is 11.6. The second-order valence-electron chi connectivity index (χ2n) is 2.81. The highest BCUT2D eigenvalue weighted by Gasteiger charge is 2.05. The van der Waals surface area contributed by atoms with Crippen molar-refractivity contribution in [2.24, 2.45) is 4.99 Å². The lowest BCUT2D eigenvalue weighted by Crippen LogP contribution is -2.14. The maximum Gasteiger partial charge on any atom is 0.183 e. The lowest BCUT2D eigenvalue weighted by molar-refractivity contribution is 0.782. The number of aliphatic imine (C=N–C) groups is 1. The first-order valence-electron chi connectivity index (χ1n) is 4.45. The molecule has 0 fully saturated rings. The molecule has 1 aromatic heterocycles. The minimum atomic E-state index is -0.0468. The van der Waals surface area contributed by atoms with E-state index in [9.17, 15) is 0 Å². The molecule has 0 aliphatic carbocycles. The molecule has 1 heterocycles. The van der Waals surface area contributed by atoms with Crippen molar-refractivity contribution in [3.8, 4) is 6.19 Å². The molecule has 1 rings (SSSR count). The number of hydrogen-bond donors (Lipinski definition) is 1. The predicted molar refractivity (Wildman–Crippen MR) is 62.4 cm³/mol. The molecular formula is C10H12N4S. The van der Waals surface area contributed by atoms with Gasteiger partial charge in [-0.25, -0.2) is 0 Å². The van der Waals surface area contributed by atoms with E-state index in [0.717, 1.165) is 5.69 Å². The van der Waals surface area contributed by atoms with Gasteiger partial charge in [-0.15, -0.1) is 0 Å². The molecule has 1 atom stereocenters. The fraction of sp³-hybridized carbons (Fsp3) is 0.300. The third-order valence-corrected chi connectivity index (χ3v) is 2.38. The zero-order valence-electron chi connectivity index (χ0n) is 8.64. The summed E-state index contributed by atoms with van der Waals surface area (Å²) in [6, 6.07) is 5.65. The summed E-state index contributed by atoms with van der Waals surface area (Å²) in [5.41, 5.74) is 0.892. The van der Waals surface area contributed by atoms with Crippen LogP contribution in [0.15, 0.2) is 29.4 Å². The molecule has 1 unspecified atom stereocenters. The maximum absolute atomic E-state index is 8.48. The first kappa shape index (κ1) is 11.5. The molecule has 0 amide bonds. The number of aromatic nitrogens is 1. The summed E-state index contributed by atoms with van der Waals surface area (Å²) in [6.45, 7) is 1.94. The number of rotatable bonds is 2. The van der Waals surface area contributed by atoms with Gasteiger partial charge in [-0.1, -0.05) is 17.8 Å². The zero-order valence-corrected chi connectivity index (χ0v) is 9.45. The van der Waals surface area contributed by atoms with Crippen LogP contribution in [0.3, 0.4) is 0 Å². The minimum absolute atomic E-state index is 0.0468. The van der Waals surface area contributed by atoms with Gasteiger partial charge < -0.3 is 0 Å². The van der Waals surface area contributed by atoms with Crippen molar-refractivity contribution in [1.29, 1.82) is 5.26 Å². The zero-order chi connectivity index (χ0) is 11.1. The van der Waals surface area contributed by atoms with Crippen LogP contribution in [0.1, 0.15) is 18.7 Å². The van der Waals surface area contributed by atoms with Crippen LogP contribution in [0, 0.1) is 11.5 Å². The van der Waals surface area contributed by atoms with Crippen molar-refractivity contribution in [2.45, 2.75) is 13.0 Å². The summed E-state index contributed by atoms with van der Waals surface area (Å²) in [7, 11) is 0. The number of amidine groups is 1. The molecule has 0 aliphatic rings. The van der Waals surface area contributed by atoms with Crippen molar-refractivity contribution in [3.63, 3.8) is 0 Å². The number of thioether (sulfide) groups is 1. The fourth-order valence-corrected chi connectivity index (χ4v) is 1.46. The molecule has 0 radical (unpaired) electrons. The summed E-state index contributed by atoms with van der Waals surface area (Å²) >= 11 is 1.41. The highest BCUT2D eigenvalue weighted by Crippen LogP contribution is 2.14. The van der Waals surface area contributed by atoms with E-state index in [1.807, 2.05) is 37.6 Å². The van der Waals surface area contributed by atoms with Crippen molar-refractivity contribution >= 4 is 16.9 Å². The van der Waals surface area contributed by atoms with E-state index in [-0.39, 0.29) is 6.04 Å². The monoisotopic (exact) mass is 220 g/mol. The Hall–Kier alpha value is -1.54. The van der Waals surface area contributed by atoms with Gasteiger partial charge >= 0.3 is 0 Å². The van der Waals surface area contributed by atoms with E-state index in [2.05, 4.69) is 15.3 Å². The Balaban J connectivity index is 2.77. The van der Waals surface area contributed by atoms with E-state index < -0.39 is 0 Å². The summed E-state index contributed by atoms with van der Waals surface area (Å²) in [5.74, 6) is 0. The first-order valence-corrected chi connectivity index (χ1v) is 5.68. The van der Waals surface area contributed by atoms with Gasteiger partial charge in [0.25, 0.3) is 0 Å². The summed E-state index contributed by atoms with van der Waals surface area (Å²) < 4.78 is 0. The normalized spacial score (nSPS) is 13.0. The lowest BCUT2D eigenvalue weighted by Gasteiger charge is -2.07. The summed E-state index contributed by atoms with van der Waals surface area (Å²) in [4.78, 5) is 8.54. The van der Waals surface area contributed by atoms with E-state index in [1.165, 1.54) is 11.8 Å². The Kier molecular flexibility index (Phi) is 4.64. The van der Waals surface area contributed by atoms with Gasteiger partial charge in [-0.05, 0) is 25.3 Å². The topological polar surface area (TPSA) is 61.1 Å². The number of nitrogens with one attached hydrogen (secondary N) is 1. The summed E-state index contributed by atoms with van der Waals surface area (Å²) in [6.07, 6.45) is 5.46. The van der Waals surface area contributed by atoms with Crippen molar-refractivity contribution < 1.29 is 0 Å². The van der Waals surface area contributed by atoms with Gasteiger partial charge in [0.1, 0.15) is 0 Å². The van der Waals surface area contributed by atoms with Gasteiger partial charge in [0.05, 0.1) is 11.7 Å². The third-order valence-electron chi connectivity index (χ3n) is 1.78. The Labute approximate surface area is 93.4 Å². The smallest absolute Gasteiger partial charge is 0.183 e. The molecule has 0 aromatic carbocycles. The largest absolute Gasteiger partial charge is 0.272 e. The molecule has 1 aromatic rings. The van der Waals surface area contributed by atoms with E-state index in [4.69, 9.17) is 5.26 Å². The Morgan fingerprint density at radius 2 is 2.47 bits per heavy atom. The van der Waals surface area contributed by atoms with Crippen LogP contribution < -0.4 is 5.32 Å². The predicted octanol–water partition coefficient (Wildman–Crippen LogP) is 1.93. The molecule has 78 valence electrons. The minimum Gasteiger partial charge on any atom is -0.272 e. The van der Waals surface area contributed by atoms with Gasteiger partial charge in [0.15, 0.2) is 11.4 Å². The molecule has 4 nitrogen and oxygen atoms in total. The van der Waals surface area contributed by atoms with Crippen LogP contribution in [-0.2, 0) is 0 Å². The highest BCUT2D eigenvalue weighted by atomic mass is 32.2. The van der Waals surface area contributed by atoms with Gasteiger partial charge in [-0.2, -0.15) is 5.26 Å². The molecule has 1 N–H and O–H groups in total. The molecule has 5 heteroatoms. The van der Waals surface area contributed by atoms with E-state index >= 15 is 0 Å². The van der Waals surface area contributed by atoms with Crippen LogP contribution in [-0.4, -0.2) is 16.4 Å². The number of nitriles is 1. The first-order chi connectivity index (χ1) is 7.27. The van der Waals surface area contributed by atoms with Crippen molar-refractivity contribution in [2.75, 3.05) is 6.26 Å². The molecular weight excluding hydrogens is 208 g/mol. The lowest BCUT2D eigenvalue weighted by atomic mass is 10.2. The Bertz CT molecular complexity index is 369. The van der Waals surface area contributed by atoms with E-state index in [1.54, 1.807) is 6.20 Å². The third kappa shape index (κ3) is 3.60. The quantitative estimate of drug-likeness (QED) is 0.358. The molecule has 0 saturated carbocycles. The van der Waals surface area contributed by atoms with Crippen molar-refractivity contribution in [3.05, 3.63) is 30.1 Å². The van der Waals surface area contributed by atoms with Gasteiger partial charge in [0.2, 0.25) is 0 Å². The maximum atomic E-state index is 8.48. The second kappa shape index (κ2) is 6.04. The number of pyridine rings is 1. The molecule has 0 saturated heterocycles. The molecule has 15 heavy (non-hydrogen) atoms. The number of nitrogens with zero attached hydrogens (tertiary/aromatic N) is 3. The highest BCUT2D eigenvalue weighted by molar-refractivity contribution is 8.13.